The van der Waals surface area contributed by atoms with Crippen LogP contribution in [0.15, 0.2) is 30.9 Å². The van der Waals surface area contributed by atoms with Gasteiger partial charge in [0.25, 0.3) is 5.69 Å². The number of nitrogens with zero attached hydrogens (tertiary/aromatic N) is 2. The fourth-order valence-corrected chi connectivity index (χ4v) is 1.74. The lowest BCUT2D eigenvalue weighted by Crippen LogP contribution is -2.27. The van der Waals surface area contributed by atoms with E-state index in [2.05, 4.69) is 6.58 Å². The molecule has 1 rings (SSSR count). The minimum Gasteiger partial charge on any atom is -0.395 e. The zero-order chi connectivity index (χ0) is 12.8. The van der Waals surface area contributed by atoms with Gasteiger partial charge in [0.2, 0.25) is 0 Å². The van der Waals surface area contributed by atoms with E-state index in [0.717, 1.165) is 5.69 Å². The highest BCUT2D eigenvalue weighted by Gasteiger charge is 2.16. The lowest BCUT2D eigenvalue weighted by molar-refractivity contribution is -0.385. The Morgan fingerprint density at radius 1 is 1.59 bits per heavy atom. The molecule has 0 bridgehead atoms. The first-order valence-corrected chi connectivity index (χ1v) is 5.32. The predicted octanol–water partition coefficient (Wildman–Crippen LogP) is 1.89. The number of nitro benzene ring substituents is 1. The molecule has 0 saturated heterocycles. The molecule has 0 atom stereocenters. The maximum Gasteiger partial charge on any atom is 0.274 e. The molecule has 5 heteroatoms. The van der Waals surface area contributed by atoms with Crippen molar-refractivity contribution in [2.75, 3.05) is 24.6 Å². The van der Waals surface area contributed by atoms with Crippen LogP contribution in [0.4, 0.5) is 11.4 Å². The number of hydrogen-bond donors (Lipinski definition) is 1. The Bertz CT molecular complexity index is 418. The maximum absolute atomic E-state index is 10.8. The Balaban J connectivity index is 3.14. The topological polar surface area (TPSA) is 66.6 Å². The minimum atomic E-state index is -0.399. The summed E-state index contributed by atoms with van der Waals surface area (Å²) < 4.78 is 0. The second kappa shape index (κ2) is 6.00. The Hall–Kier alpha value is -1.88. The van der Waals surface area contributed by atoms with E-state index in [1.54, 1.807) is 19.1 Å². The third-order valence-corrected chi connectivity index (χ3v) is 2.53. The molecule has 0 aliphatic heterocycles. The number of aliphatic hydroxyl groups is 1. The van der Waals surface area contributed by atoms with Crippen LogP contribution in [0.1, 0.15) is 5.56 Å². The van der Waals surface area contributed by atoms with Crippen molar-refractivity contribution in [3.8, 4) is 0 Å². The second-order valence-electron chi connectivity index (χ2n) is 3.64. The number of nitro groups is 1. The van der Waals surface area contributed by atoms with Crippen molar-refractivity contribution in [1.29, 1.82) is 0 Å². The van der Waals surface area contributed by atoms with Crippen LogP contribution in [0.3, 0.4) is 0 Å². The maximum atomic E-state index is 10.8. The predicted molar refractivity (Wildman–Crippen MR) is 67.3 cm³/mol. The Kier molecular flexibility index (Phi) is 4.66. The first kappa shape index (κ1) is 13.2. The van der Waals surface area contributed by atoms with E-state index in [4.69, 9.17) is 5.11 Å². The molecule has 0 spiro atoms. The smallest absolute Gasteiger partial charge is 0.274 e. The van der Waals surface area contributed by atoms with Gasteiger partial charge in [-0.1, -0.05) is 12.1 Å². The quantitative estimate of drug-likeness (QED) is 0.465. The molecule has 0 aliphatic rings. The van der Waals surface area contributed by atoms with Crippen molar-refractivity contribution in [2.45, 2.75) is 6.92 Å². The summed E-state index contributed by atoms with van der Waals surface area (Å²) >= 11 is 0. The highest BCUT2D eigenvalue weighted by Crippen LogP contribution is 2.27. The van der Waals surface area contributed by atoms with Gasteiger partial charge in [0.05, 0.1) is 17.1 Å². The fourth-order valence-electron chi connectivity index (χ4n) is 1.74. The normalized spacial score (nSPS) is 10.0. The number of anilines is 1. The van der Waals surface area contributed by atoms with Crippen LogP contribution in [0.2, 0.25) is 0 Å². The first-order chi connectivity index (χ1) is 8.11. The van der Waals surface area contributed by atoms with Gasteiger partial charge in [0.15, 0.2) is 0 Å². The van der Waals surface area contributed by atoms with E-state index in [9.17, 15) is 10.1 Å². The third kappa shape index (κ3) is 3.04. The molecule has 0 aromatic heterocycles. The van der Waals surface area contributed by atoms with E-state index in [1.807, 2.05) is 11.0 Å². The summed E-state index contributed by atoms with van der Waals surface area (Å²) in [7, 11) is 0. The highest BCUT2D eigenvalue weighted by atomic mass is 16.6. The van der Waals surface area contributed by atoms with Gasteiger partial charge in [-0.2, -0.15) is 0 Å². The Morgan fingerprint density at radius 3 is 2.82 bits per heavy atom. The third-order valence-electron chi connectivity index (χ3n) is 2.53. The summed E-state index contributed by atoms with van der Waals surface area (Å²) in [6.07, 6.45) is 1.70. The van der Waals surface area contributed by atoms with Gasteiger partial charge in [-0.25, -0.2) is 0 Å². The molecule has 1 N–H and O–H groups in total. The van der Waals surface area contributed by atoms with Crippen molar-refractivity contribution in [3.63, 3.8) is 0 Å². The first-order valence-electron chi connectivity index (χ1n) is 5.32. The summed E-state index contributed by atoms with van der Waals surface area (Å²) in [4.78, 5) is 12.3. The van der Waals surface area contributed by atoms with E-state index in [-0.39, 0.29) is 12.3 Å². The van der Waals surface area contributed by atoms with Crippen molar-refractivity contribution >= 4 is 11.4 Å². The average molecular weight is 236 g/mol. The highest BCUT2D eigenvalue weighted by molar-refractivity contribution is 5.61. The number of benzene rings is 1. The number of aliphatic hydroxyl groups excluding tert-OH is 1. The fraction of sp³-hybridized carbons (Fsp3) is 0.333. The molecule has 0 heterocycles. The van der Waals surface area contributed by atoms with Crippen LogP contribution in [0.5, 0.6) is 0 Å². The molecule has 1 aromatic carbocycles. The lowest BCUT2D eigenvalue weighted by atomic mass is 10.1. The molecule has 0 fully saturated rings. The summed E-state index contributed by atoms with van der Waals surface area (Å²) in [5, 5.41) is 19.8. The molecular weight excluding hydrogens is 220 g/mol. The van der Waals surface area contributed by atoms with E-state index < -0.39 is 4.92 Å². The van der Waals surface area contributed by atoms with Gasteiger partial charge >= 0.3 is 0 Å². The molecule has 0 saturated carbocycles. The van der Waals surface area contributed by atoms with Gasteiger partial charge in [-0.05, 0) is 13.0 Å². The largest absolute Gasteiger partial charge is 0.395 e. The lowest BCUT2D eigenvalue weighted by Gasteiger charge is -2.23. The van der Waals surface area contributed by atoms with E-state index in [0.29, 0.717) is 18.7 Å². The van der Waals surface area contributed by atoms with Gasteiger partial charge in [-0.15, -0.1) is 6.58 Å². The monoisotopic (exact) mass is 236 g/mol. The van der Waals surface area contributed by atoms with Gasteiger partial charge in [0, 0.05) is 24.8 Å². The molecule has 1 aromatic rings. The zero-order valence-corrected chi connectivity index (χ0v) is 9.80. The molecule has 92 valence electrons. The van der Waals surface area contributed by atoms with Crippen LogP contribution in [0, 0.1) is 17.0 Å². The van der Waals surface area contributed by atoms with E-state index in [1.165, 1.54) is 6.07 Å². The van der Waals surface area contributed by atoms with Crippen molar-refractivity contribution in [2.24, 2.45) is 0 Å². The van der Waals surface area contributed by atoms with Crippen LogP contribution in [-0.4, -0.2) is 29.7 Å². The molecule has 0 aliphatic carbocycles. The summed E-state index contributed by atoms with van der Waals surface area (Å²) in [5.74, 6) is 0. The van der Waals surface area contributed by atoms with Gasteiger partial charge in [0.1, 0.15) is 0 Å². The van der Waals surface area contributed by atoms with Crippen LogP contribution < -0.4 is 4.90 Å². The Labute approximate surface area is 100 Å². The average Bonchev–Trinajstić information content (AvgIpc) is 2.29. The van der Waals surface area contributed by atoms with Gasteiger partial charge < -0.3 is 10.0 Å². The van der Waals surface area contributed by atoms with Crippen molar-refractivity contribution in [3.05, 3.63) is 46.5 Å². The molecule has 0 radical (unpaired) electrons. The van der Waals surface area contributed by atoms with Crippen LogP contribution in [0.25, 0.3) is 0 Å². The summed E-state index contributed by atoms with van der Waals surface area (Å²) in [6, 6.07) is 4.93. The molecule has 5 nitrogen and oxygen atoms in total. The van der Waals surface area contributed by atoms with Crippen molar-refractivity contribution in [1.82, 2.24) is 0 Å². The van der Waals surface area contributed by atoms with E-state index >= 15 is 0 Å². The minimum absolute atomic E-state index is 0.00400. The molecule has 0 amide bonds. The van der Waals surface area contributed by atoms with Crippen LogP contribution >= 0.6 is 0 Å². The summed E-state index contributed by atoms with van der Waals surface area (Å²) in [6.45, 7) is 6.31. The number of rotatable bonds is 6. The molecule has 0 unspecified atom stereocenters. The van der Waals surface area contributed by atoms with Gasteiger partial charge in [-0.3, -0.25) is 10.1 Å². The van der Waals surface area contributed by atoms with Crippen LogP contribution in [-0.2, 0) is 0 Å². The second-order valence-corrected chi connectivity index (χ2v) is 3.64. The zero-order valence-electron chi connectivity index (χ0n) is 9.80. The SMILES string of the molecule is C=CCN(CCO)c1cccc([N+](=O)[O-])c1C. The Morgan fingerprint density at radius 2 is 2.29 bits per heavy atom. The standard InChI is InChI=1S/C12H16N2O3/c1-3-7-13(8-9-15)11-5-4-6-12(10(11)2)14(16)17/h3-6,15H,1,7-9H2,2H3. The van der Waals surface area contributed by atoms with Crippen molar-refractivity contribution < 1.29 is 10.0 Å². The molecule has 17 heavy (non-hydrogen) atoms. The molecular formula is C12H16N2O3. The summed E-state index contributed by atoms with van der Waals surface area (Å²) in [5.41, 5.74) is 1.45. The number of hydrogen-bond acceptors (Lipinski definition) is 4.